The summed E-state index contributed by atoms with van der Waals surface area (Å²) in [4.78, 5) is 25.5. The van der Waals surface area contributed by atoms with Crippen molar-refractivity contribution in [1.82, 2.24) is 10.2 Å². The molecule has 1 heterocycles. The highest BCUT2D eigenvalue weighted by Gasteiger charge is 2.25. The second-order valence-electron chi connectivity index (χ2n) is 8.49. The predicted molar refractivity (Wildman–Crippen MR) is 124 cm³/mol. The molecule has 0 unspecified atom stereocenters. The maximum Gasteiger partial charge on any atom is 0.255 e. The molecule has 3 rings (SSSR count). The minimum Gasteiger partial charge on any atom is -0.492 e. The molecule has 0 bridgehead atoms. The van der Waals surface area contributed by atoms with E-state index < -0.39 is 5.91 Å². The zero-order valence-electron chi connectivity index (χ0n) is 18.9. The number of nitrogens with one attached hydrogen (secondary N) is 1. The average molecular weight is 440 g/mol. The normalized spacial score (nSPS) is 18.3. The maximum atomic E-state index is 12.3. The third-order valence-corrected chi connectivity index (χ3v) is 5.86. The fraction of sp³-hybridized carbons (Fsp3) is 0.440. The van der Waals surface area contributed by atoms with Crippen molar-refractivity contribution >= 4 is 11.8 Å². The average Bonchev–Trinajstić information content (AvgIpc) is 3.10. The largest absolute Gasteiger partial charge is 0.492 e. The van der Waals surface area contributed by atoms with Crippen LogP contribution in [0.25, 0.3) is 0 Å². The number of amides is 2. The molecule has 3 N–H and O–H groups in total. The van der Waals surface area contributed by atoms with E-state index in [1.54, 1.807) is 24.3 Å². The summed E-state index contributed by atoms with van der Waals surface area (Å²) in [5, 5.41) is 2.91. The Hall–Kier alpha value is -3.06. The summed E-state index contributed by atoms with van der Waals surface area (Å²) in [5.41, 5.74) is 6.71. The van der Waals surface area contributed by atoms with Crippen LogP contribution < -0.4 is 20.5 Å². The topological polar surface area (TPSA) is 93.9 Å². The van der Waals surface area contributed by atoms with Gasteiger partial charge in [0.1, 0.15) is 18.1 Å². The van der Waals surface area contributed by atoms with E-state index in [-0.39, 0.29) is 12.5 Å². The van der Waals surface area contributed by atoms with E-state index in [2.05, 4.69) is 24.1 Å². The van der Waals surface area contributed by atoms with Crippen molar-refractivity contribution in [2.45, 2.75) is 20.3 Å². The van der Waals surface area contributed by atoms with Crippen LogP contribution in [0, 0.1) is 11.8 Å². The summed E-state index contributed by atoms with van der Waals surface area (Å²) in [7, 11) is 0. The van der Waals surface area contributed by atoms with Crippen LogP contribution in [0.3, 0.4) is 0 Å². The highest BCUT2D eigenvalue weighted by molar-refractivity contribution is 5.94. The first-order valence-electron chi connectivity index (χ1n) is 11.1. The van der Waals surface area contributed by atoms with E-state index in [9.17, 15) is 9.59 Å². The molecule has 0 spiro atoms. The minimum absolute atomic E-state index is 0.156. The van der Waals surface area contributed by atoms with Crippen LogP contribution in [0.4, 0.5) is 0 Å². The van der Waals surface area contributed by atoms with E-state index in [4.69, 9.17) is 15.2 Å². The first-order valence-corrected chi connectivity index (χ1v) is 11.1. The van der Waals surface area contributed by atoms with E-state index in [1.807, 2.05) is 24.3 Å². The van der Waals surface area contributed by atoms with Crippen molar-refractivity contribution in [3.63, 3.8) is 0 Å². The van der Waals surface area contributed by atoms with Crippen molar-refractivity contribution in [1.29, 1.82) is 0 Å². The molecule has 0 aromatic heterocycles. The molecule has 2 atom stereocenters. The SMILES string of the molecule is C[C@@H]1CN(CCOc2ccc(CCNC(=O)c3ccc(OCC(N)=O)cc3)cc2)C[C@H]1C. The predicted octanol–water partition coefficient (Wildman–Crippen LogP) is 2.49. The molecule has 2 aromatic carbocycles. The summed E-state index contributed by atoms with van der Waals surface area (Å²) in [6.07, 6.45) is 0.732. The Bertz CT molecular complexity index is 873. The van der Waals surface area contributed by atoms with Gasteiger partial charge in [-0.15, -0.1) is 0 Å². The number of benzene rings is 2. The molecule has 1 aliphatic heterocycles. The lowest BCUT2D eigenvalue weighted by Crippen LogP contribution is -2.26. The highest BCUT2D eigenvalue weighted by atomic mass is 16.5. The zero-order valence-corrected chi connectivity index (χ0v) is 18.9. The standard InChI is InChI=1S/C25H33N3O4/c1-18-15-28(16-19(18)2)13-14-31-22-7-3-20(4-8-22)11-12-27-25(30)21-5-9-23(10-6-21)32-17-24(26)29/h3-10,18-19H,11-17H2,1-2H3,(H2,26,29)(H,27,30)/t18-,19-/m1/s1. The fourth-order valence-electron chi connectivity index (χ4n) is 3.76. The number of primary amides is 1. The Balaban J connectivity index is 1.35. The monoisotopic (exact) mass is 439 g/mol. The van der Waals surface area contributed by atoms with Crippen LogP contribution >= 0.6 is 0 Å². The molecule has 0 radical (unpaired) electrons. The van der Waals surface area contributed by atoms with Gasteiger partial charge >= 0.3 is 0 Å². The van der Waals surface area contributed by atoms with E-state index in [0.29, 0.717) is 24.5 Å². The molecular formula is C25H33N3O4. The third-order valence-electron chi connectivity index (χ3n) is 5.86. The Morgan fingerprint density at radius 3 is 2.19 bits per heavy atom. The Labute approximate surface area is 189 Å². The number of likely N-dealkylation sites (tertiary alicyclic amines) is 1. The summed E-state index contributed by atoms with van der Waals surface area (Å²) in [6.45, 7) is 8.93. The van der Waals surface area contributed by atoms with Crippen molar-refractivity contribution in [3.8, 4) is 11.5 Å². The Morgan fingerprint density at radius 1 is 0.969 bits per heavy atom. The minimum atomic E-state index is -0.544. The maximum absolute atomic E-state index is 12.3. The van der Waals surface area contributed by atoms with Gasteiger partial charge in [-0.05, 0) is 60.2 Å². The molecule has 1 saturated heterocycles. The Kier molecular flexibility index (Phi) is 8.50. The molecule has 2 aromatic rings. The van der Waals surface area contributed by atoms with Gasteiger partial charge in [-0.3, -0.25) is 14.5 Å². The van der Waals surface area contributed by atoms with Crippen LogP contribution in [-0.2, 0) is 11.2 Å². The van der Waals surface area contributed by atoms with Crippen LogP contribution in [0.15, 0.2) is 48.5 Å². The van der Waals surface area contributed by atoms with Crippen LogP contribution in [0.2, 0.25) is 0 Å². The summed E-state index contributed by atoms with van der Waals surface area (Å²) >= 11 is 0. The van der Waals surface area contributed by atoms with Crippen molar-refractivity contribution in [2.75, 3.05) is 39.4 Å². The lowest BCUT2D eigenvalue weighted by Gasteiger charge is -2.16. The van der Waals surface area contributed by atoms with E-state index >= 15 is 0 Å². The number of nitrogens with two attached hydrogens (primary N) is 1. The zero-order chi connectivity index (χ0) is 22.9. The molecular weight excluding hydrogens is 406 g/mol. The fourth-order valence-corrected chi connectivity index (χ4v) is 3.76. The summed E-state index contributed by atoms with van der Waals surface area (Å²) in [5.74, 6) is 2.19. The first kappa shape index (κ1) is 23.6. The number of nitrogens with zero attached hydrogens (tertiary/aromatic N) is 1. The molecule has 1 aliphatic rings. The molecule has 7 nitrogen and oxygen atoms in total. The van der Waals surface area contributed by atoms with Crippen molar-refractivity contribution in [3.05, 3.63) is 59.7 Å². The lowest BCUT2D eigenvalue weighted by atomic mass is 10.0. The lowest BCUT2D eigenvalue weighted by molar-refractivity contribution is -0.119. The number of carbonyl (C=O) groups excluding carboxylic acids is 2. The van der Waals surface area contributed by atoms with E-state index in [1.165, 1.54) is 0 Å². The van der Waals surface area contributed by atoms with Crippen molar-refractivity contribution < 1.29 is 19.1 Å². The third kappa shape index (κ3) is 7.27. The summed E-state index contributed by atoms with van der Waals surface area (Å²) < 4.78 is 11.1. The molecule has 2 amide bonds. The van der Waals surface area contributed by atoms with Gasteiger partial charge in [0.25, 0.3) is 11.8 Å². The van der Waals surface area contributed by atoms with Gasteiger partial charge in [-0.2, -0.15) is 0 Å². The van der Waals surface area contributed by atoms with Crippen LogP contribution in [-0.4, -0.2) is 56.1 Å². The molecule has 1 fully saturated rings. The van der Waals surface area contributed by atoms with Crippen LogP contribution in [0.1, 0.15) is 29.8 Å². The van der Waals surface area contributed by atoms with Gasteiger partial charge in [0, 0.05) is 31.7 Å². The number of hydrogen-bond acceptors (Lipinski definition) is 5. The molecule has 32 heavy (non-hydrogen) atoms. The van der Waals surface area contributed by atoms with Gasteiger partial charge < -0.3 is 20.5 Å². The van der Waals surface area contributed by atoms with Crippen molar-refractivity contribution in [2.24, 2.45) is 17.6 Å². The molecule has 0 saturated carbocycles. The van der Waals surface area contributed by atoms with Crippen LogP contribution in [0.5, 0.6) is 11.5 Å². The number of hydrogen-bond donors (Lipinski definition) is 2. The molecule has 172 valence electrons. The number of carbonyl (C=O) groups is 2. The van der Waals surface area contributed by atoms with Gasteiger partial charge in [-0.25, -0.2) is 0 Å². The van der Waals surface area contributed by atoms with Gasteiger partial charge in [0.15, 0.2) is 6.61 Å². The van der Waals surface area contributed by atoms with E-state index in [0.717, 1.165) is 49.2 Å². The van der Waals surface area contributed by atoms with Gasteiger partial charge in [0.2, 0.25) is 0 Å². The second-order valence-corrected chi connectivity index (χ2v) is 8.49. The molecule has 0 aliphatic carbocycles. The number of ether oxygens (including phenoxy) is 2. The quantitative estimate of drug-likeness (QED) is 0.561. The number of rotatable bonds is 11. The smallest absolute Gasteiger partial charge is 0.255 e. The summed E-state index contributed by atoms with van der Waals surface area (Å²) in [6, 6.07) is 14.6. The second kappa shape index (κ2) is 11.5. The molecule has 7 heteroatoms. The highest BCUT2D eigenvalue weighted by Crippen LogP contribution is 2.21. The Morgan fingerprint density at radius 2 is 1.56 bits per heavy atom. The van der Waals surface area contributed by atoms with Gasteiger partial charge in [-0.1, -0.05) is 26.0 Å². The first-order chi connectivity index (χ1) is 15.4. The van der Waals surface area contributed by atoms with Gasteiger partial charge in [0.05, 0.1) is 0 Å².